The molecule has 0 aliphatic rings. The first-order chi connectivity index (χ1) is 17.7. The molecule has 6 rings (SSSR count). The molecule has 2 aromatic heterocycles. The highest BCUT2D eigenvalue weighted by atomic mass is 16.3. The molecule has 2 atom stereocenters. The molecule has 0 aliphatic heterocycles. The zero-order valence-corrected chi connectivity index (χ0v) is 19.2. The average molecular weight is 471 g/mol. The van der Waals surface area contributed by atoms with Crippen molar-refractivity contribution >= 4 is 22.1 Å². The van der Waals surface area contributed by atoms with Gasteiger partial charge in [-0.1, -0.05) is 84.9 Å². The number of hydrogen-bond donors (Lipinski definition) is 2. The van der Waals surface area contributed by atoms with Gasteiger partial charge in [-0.15, -0.1) is 0 Å². The van der Waals surface area contributed by atoms with Gasteiger partial charge in [0.15, 0.2) is 0 Å². The predicted octanol–water partition coefficient (Wildman–Crippen LogP) is 5.67. The largest absolute Gasteiger partial charge is 0.384 e. The van der Waals surface area contributed by atoms with Crippen molar-refractivity contribution in [2.24, 2.45) is 0 Å². The third-order valence-electron chi connectivity index (χ3n) is 6.15. The molecule has 2 N–H and O–H groups in total. The lowest BCUT2D eigenvalue weighted by molar-refractivity contribution is 0.0128. The highest BCUT2D eigenvalue weighted by Gasteiger charge is 2.30. The van der Waals surface area contributed by atoms with Crippen LogP contribution in [0.1, 0.15) is 23.6 Å². The van der Waals surface area contributed by atoms with Crippen molar-refractivity contribution in [3.63, 3.8) is 0 Å². The molecule has 0 bridgehead atoms. The summed E-state index contributed by atoms with van der Waals surface area (Å²) in [5.41, 5.74) is 5.84. The topological polar surface area (TPSA) is 92.0 Å². The molecule has 0 radical (unpaired) electrons. The number of aliphatic hydroxyl groups is 2. The lowest BCUT2D eigenvalue weighted by atomic mass is 9.97. The van der Waals surface area contributed by atoms with Crippen LogP contribution in [0.3, 0.4) is 0 Å². The molecular weight excluding hydrogens is 448 g/mol. The number of para-hydroxylation sites is 4. The van der Waals surface area contributed by atoms with Crippen LogP contribution in [0, 0.1) is 0 Å². The molecule has 36 heavy (non-hydrogen) atoms. The summed E-state index contributed by atoms with van der Waals surface area (Å²) >= 11 is 0. The standard InChI is InChI=1S/C30H22N4O2/c35-29(27-25(19-11-3-1-4-12-19)31-21-15-7-9-17-23(21)33-27)30(36)28-26(20-13-5-2-6-14-20)32-22-16-8-10-18-24(22)34-28/h1-18,29-30,35-36H. The van der Waals surface area contributed by atoms with Crippen molar-refractivity contribution < 1.29 is 10.2 Å². The fourth-order valence-electron chi connectivity index (χ4n) is 4.36. The number of rotatable bonds is 5. The molecule has 0 saturated carbocycles. The Kier molecular flexibility index (Phi) is 5.65. The molecule has 2 unspecified atom stereocenters. The van der Waals surface area contributed by atoms with Crippen LogP contribution in [0.2, 0.25) is 0 Å². The van der Waals surface area contributed by atoms with Crippen LogP contribution in [0.4, 0.5) is 0 Å². The third kappa shape index (κ3) is 3.98. The van der Waals surface area contributed by atoms with E-state index in [0.717, 1.165) is 11.1 Å². The van der Waals surface area contributed by atoms with Crippen LogP contribution in [0.25, 0.3) is 44.6 Å². The number of aromatic nitrogens is 4. The van der Waals surface area contributed by atoms with Crippen molar-refractivity contribution in [3.8, 4) is 22.5 Å². The van der Waals surface area contributed by atoms with Crippen LogP contribution in [-0.2, 0) is 0 Å². The average Bonchev–Trinajstić information content (AvgIpc) is 2.96. The summed E-state index contributed by atoms with van der Waals surface area (Å²) in [6, 6.07) is 34.1. The predicted molar refractivity (Wildman–Crippen MR) is 140 cm³/mol. The minimum Gasteiger partial charge on any atom is -0.384 e. The SMILES string of the molecule is OC(c1nc2ccccc2nc1-c1ccccc1)C(O)c1nc2ccccc2nc1-c1ccccc1. The Morgan fingerprint density at radius 2 is 0.694 bits per heavy atom. The minimum atomic E-state index is -1.39. The van der Waals surface area contributed by atoms with Gasteiger partial charge in [-0.2, -0.15) is 0 Å². The summed E-state index contributed by atoms with van der Waals surface area (Å²) in [4.78, 5) is 19.1. The number of benzene rings is 4. The second-order valence-corrected chi connectivity index (χ2v) is 8.51. The summed E-state index contributed by atoms with van der Waals surface area (Å²) in [6.07, 6.45) is -2.79. The molecule has 0 saturated heterocycles. The first-order valence-corrected chi connectivity index (χ1v) is 11.7. The van der Waals surface area contributed by atoms with E-state index < -0.39 is 12.2 Å². The van der Waals surface area contributed by atoms with Gasteiger partial charge in [0.25, 0.3) is 0 Å². The Morgan fingerprint density at radius 3 is 1.06 bits per heavy atom. The summed E-state index contributed by atoms with van der Waals surface area (Å²) in [7, 11) is 0. The second kappa shape index (κ2) is 9.26. The van der Waals surface area contributed by atoms with Gasteiger partial charge < -0.3 is 10.2 Å². The van der Waals surface area contributed by atoms with Crippen molar-refractivity contribution in [2.45, 2.75) is 12.2 Å². The summed E-state index contributed by atoms with van der Waals surface area (Å²) < 4.78 is 0. The van der Waals surface area contributed by atoms with Gasteiger partial charge in [0.2, 0.25) is 0 Å². The van der Waals surface area contributed by atoms with Crippen LogP contribution < -0.4 is 0 Å². The van der Waals surface area contributed by atoms with E-state index in [2.05, 4.69) is 0 Å². The molecule has 0 aliphatic carbocycles. The zero-order chi connectivity index (χ0) is 24.5. The Balaban J connectivity index is 1.53. The van der Waals surface area contributed by atoms with E-state index in [-0.39, 0.29) is 11.4 Å². The monoisotopic (exact) mass is 470 g/mol. The summed E-state index contributed by atoms with van der Waals surface area (Å²) in [5, 5.41) is 23.1. The van der Waals surface area contributed by atoms with E-state index in [1.807, 2.05) is 109 Å². The maximum absolute atomic E-state index is 11.6. The summed E-state index contributed by atoms with van der Waals surface area (Å²) in [5.74, 6) is 0. The van der Waals surface area contributed by atoms with E-state index in [0.29, 0.717) is 33.5 Å². The van der Waals surface area contributed by atoms with Gasteiger partial charge in [-0.05, 0) is 24.3 Å². The smallest absolute Gasteiger partial charge is 0.130 e. The van der Waals surface area contributed by atoms with Gasteiger partial charge in [0.05, 0.1) is 44.8 Å². The Labute approximate surface area is 207 Å². The number of nitrogens with zero attached hydrogens (tertiary/aromatic N) is 4. The molecule has 174 valence electrons. The van der Waals surface area contributed by atoms with E-state index in [9.17, 15) is 10.2 Å². The van der Waals surface area contributed by atoms with Crippen molar-refractivity contribution in [1.82, 2.24) is 19.9 Å². The van der Waals surface area contributed by atoms with E-state index in [1.165, 1.54) is 0 Å². The van der Waals surface area contributed by atoms with E-state index in [1.54, 1.807) is 0 Å². The minimum absolute atomic E-state index is 0.279. The van der Waals surface area contributed by atoms with Gasteiger partial charge in [0.1, 0.15) is 12.2 Å². The van der Waals surface area contributed by atoms with Crippen molar-refractivity contribution in [2.75, 3.05) is 0 Å². The Hall–Kier alpha value is -4.52. The lowest BCUT2D eigenvalue weighted by Gasteiger charge is -2.22. The molecule has 0 spiro atoms. The number of aliphatic hydroxyl groups excluding tert-OH is 2. The van der Waals surface area contributed by atoms with Gasteiger partial charge in [0, 0.05) is 11.1 Å². The van der Waals surface area contributed by atoms with Gasteiger partial charge >= 0.3 is 0 Å². The Bertz CT molecular complexity index is 1550. The van der Waals surface area contributed by atoms with Crippen LogP contribution in [0.5, 0.6) is 0 Å². The van der Waals surface area contributed by atoms with Crippen LogP contribution in [-0.4, -0.2) is 30.1 Å². The lowest BCUT2D eigenvalue weighted by Crippen LogP contribution is -2.17. The highest BCUT2D eigenvalue weighted by Crippen LogP contribution is 2.37. The Morgan fingerprint density at radius 1 is 0.389 bits per heavy atom. The van der Waals surface area contributed by atoms with Crippen LogP contribution in [0.15, 0.2) is 109 Å². The van der Waals surface area contributed by atoms with E-state index >= 15 is 0 Å². The molecular formula is C30H22N4O2. The maximum Gasteiger partial charge on any atom is 0.130 e. The first-order valence-electron chi connectivity index (χ1n) is 11.7. The normalized spacial score (nSPS) is 13.1. The quantitative estimate of drug-likeness (QED) is 0.337. The fraction of sp³-hybridized carbons (Fsp3) is 0.0667. The molecule has 6 nitrogen and oxygen atoms in total. The summed E-state index contributed by atoms with van der Waals surface area (Å²) in [6.45, 7) is 0. The molecule has 2 heterocycles. The number of hydrogen-bond acceptors (Lipinski definition) is 6. The maximum atomic E-state index is 11.6. The molecule has 0 fully saturated rings. The van der Waals surface area contributed by atoms with Gasteiger partial charge in [-0.25, -0.2) is 19.9 Å². The number of fused-ring (bicyclic) bond motifs is 2. The zero-order valence-electron chi connectivity index (χ0n) is 19.2. The molecule has 4 aromatic carbocycles. The van der Waals surface area contributed by atoms with Crippen molar-refractivity contribution in [3.05, 3.63) is 121 Å². The van der Waals surface area contributed by atoms with Gasteiger partial charge in [-0.3, -0.25) is 0 Å². The van der Waals surface area contributed by atoms with Crippen LogP contribution >= 0.6 is 0 Å². The van der Waals surface area contributed by atoms with E-state index in [4.69, 9.17) is 19.9 Å². The first kappa shape index (κ1) is 22.0. The molecule has 0 amide bonds. The second-order valence-electron chi connectivity index (χ2n) is 8.51. The molecule has 6 aromatic rings. The van der Waals surface area contributed by atoms with Crippen molar-refractivity contribution in [1.29, 1.82) is 0 Å². The fourth-order valence-corrected chi connectivity index (χ4v) is 4.36. The molecule has 6 heteroatoms. The third-order valence-corrected chi connectivity index (χ3v) is 6.15. The highest BCUT2D eigenvalue weighted by molar-refractivity contribution is 5.80.